The molecule has 0 N–H and O–H groups in total. The maximum absolute atomic E-state index is 12.6. The van der Waals surface area contributed by atoms with E-state index in [0.29, 0.717) is 19.6 Å². The number of rotatable bonds is 8. The van der Waals surface area contributed by atoms with Crippen molar-refractivity contribution in [3.05, 3.63) is 23.9 Å². The Hall–Kier alpha value is -2.16. The number of esters is 1. The van der Waals surface area contributed by atoms with Crippen molar-refractivity contribution in [2.24, 2.45) is 5.92 Å². The van der Waals surface area contributed by atoms with Crippen LogP contribution in [-0.4, -0.2) is 67.5 Å². The van der Waals surface area contributed by atoms with Gasteiger partial charge in [-0.1, -0.05) is 13.8 Å². The highest BCUT2D eigenvalue weighted by molar-refractivity contribution is 7.91. The predicted octanol–water partition coefficient (Wildman–Crippen LogP) is 1.31. The lowest BCUT2D eigenvalue weighted by Crippen LogP contribution is -2.45. The van der Waals surface area contributed by atoms with Gasteiger partial charge in [0, 0.05) is 18.8 Å². The van der Waals surface area contributed by atoms with Crippen molar-refractivity contribution < 1.29 is 27.5 Å². The normalized spacial score (nSPS) is 18.3. The highest BCUT2D eigenvalue weighted by atomic mass is 32.2. The van der Waals surface area contributed by atoms with Crippen molar-refractivity contribution >= 4 is 21.7 Å². The third kappa shape index (κ3) is 5.92. The fourth-order valence-corrected chi connectivity index (χ4v) is 4.69. The predicted molar refractivity (Wildman–Crippen MR) is 99.3 cm³/mol. The van der Waals surface area contributed by atoms with Gasteiger partial charge < -0.3 is 14.4 Å². The van der Waals surface area contributed by atoms with Gasteiger partial charge in [0.05, 0.1) is 18.1 Å². The zero-order chi connectivity index (χ0) is 20.0. The summed E-state index contributed by atoms with van der Waals surface area (Å²) in [6, 6.07) is 2.72. The summed E-state index contributed by atoms with van der Waals surface area (Å²) in [7, 11) is -3.12. The van der Waals surface area contributed by atoms with Crippen molar-refractivity contribution in [1.82, 2.24) is 9.88 Å². The maximum atomic E-state index is 12.6. The zero-order valence-electron chi connectivity index (χ0n) is 15.9. The number of carbonyl (C=O) groups is 2. The monoisotopic (exact) mass is 398 g/mol. The molecule has 0 bridgehead atoms. The van der Waals surface area contributed by atoms with E-state index in [0.717, 1.165) is 0 Å². The third-order valence-corrected chi connectivity index (χ3v) is 5.88. The van der Waals surface area contributed by atoms with Crippen LogP contribution in [0.25, 0.3) is 0 Å². The molecule has 0 aromatic carbocycles. The van der Waals surface area contributed by atoms with Crippen LogP contribution in [0.3, 0.4) is 0 Å². The van der Waals surface area contributed by atoms with Crippen molar-refractivity contribution in [2.45, 2.75) is 33.2 Å². The van der Waals surface area contributed by atoms with E-state index in [9.17, 15) is 18.0 Å². The number of amides is 1. The van der Waals surface area contributed by atoms with Gasteiger partial charge in [-0.15, -0.1) is 0 Å². The molecule has 0 radical (unpaired) electrons. The van der Waals surface area contributed by atoms with Gasteiger partial charge in [0.2, 0.25) is 5.88 Å². The first kappa shape index (κ1) is 21.1. The lowest BCUT2D eigenvalue weighted by atomic mass is 10.1. The Labute approximate surface area is 159 Å². The molecule has 27 heavy (non-hydrogen) atoms. The second kappa shape index (κ2) is 9.16. The van der Waals surface area contributed by atoms with Crippen LogP contribution in [0.2, 0.25) is 0 Å². The van der Waals surface area contributed by atoms with E-state index in [2.05, 4.69) is 4.98 Å². The Morgan fingerprint density at radius 3 is 2.70 bits per heavy atom. The first-order valence-electron chi connectivity index (χ1n) is 8.98. The second-order valence-corrected chi connectivity index (χ2v) is 9.09. The van der Waals surface area contributed by atoms with Crippen LogP contribution in [0.1, 0.15) is 37.6 Å². The number of aromatic nitrogens is 1. The van der Waals surface area contributed by atoms with Gasteiger partial charge in [0.25, 0.3) is 5.91 Å². The summed E-state index contributed by atoms with van der Waals surface area (Å²) in [5.74, 6) is -0.762. The molecule has 150 valence electrons. The molecule has 1 atom stereocenters. The van der Waals surface area contributed by atoms with E-state index >= 15 is 0 Å². The van der Waals surface area contributed by atoms with Crippen LogP contribution in [0.5, 0.6) is 5.88 Å². The van der Waals surface area contributed by atoms with Gasteiger partial charge in [-0.2, -0.15) is 0 Å². The summed E-state index contributed by atoms with van der Waals surface area (Å²) < 4.78 is 34.0. The SMILES string of the molecule is CCOc1ncccc1C(=O)OCC(=O)N(CC(C)C)[C@H]1CCS(=O)(=O)C1. The van der Waals surface area contributed by atoms with Crippen molar-refractivity contribution in [3.8, 4) is 5.88 Å². The molecular weight excluding hydrogens is 372 g/mol. The fraction of sp³-hybridized carbons (Fsp3) is 0.611. The Morgan fingerprint density at radius 1 is 1.37 bits per heavy atom. The minimum absolute atomic E-state index is 0.0451. The van der Waals surface area contributed by atoms with Gasteiger partial charge in [-0.05, 0) is 31.4 Å². The maximum Gasteiger partial charge on any atom is 0.344 e. The minimum atomic E-state index is -3.12. The molecule has 1 aromatic heterocycles. The smallest absolute Gasteiger partial charge is 0.344 e. The molecule has 1 aromatic rings. The van der Waals surface area contributed by atoms with Crippen molar-refractivity contribution in [3.63, 3.8) is 0 Å². The van der Waals surface area contributed by atoms with E-state index in [1.54, 1.807) is 13.0 Å². The van der Waals surface area contributed by atoms with Gasteiger partial charge in [0.1, 0.15) is 5.56 Å². The number of hydrogen-bond acceptors (Lipinski definition) is 7. The summed E-state index contributed by atoms with van der Waals surface area (Å²) in [6.07, 6.45) is 1.91. The largest absolute Gasteiger partial charge is 0.477 e. The van der Waals surface area contributed by atoms with Gasteiger partial charge in [-0.3, -0.25) is 4.79 Å². The first-order chi connectivity index (χ1) is 12.7. The number of hydrogen-bond donors (Lipinski definition) is 0. The van der Waals surface area contributed by atoms with Gasteiger partial charge in [0.15, 0.2) is 16.4 Å². The Morgan fingerprint density at radius 2 is 2.11 bits per heavy atom. The minimum Gasteiger partial charge on any atom is -0.477 e. The number of ether oxygens (including phenoxy) is 2. The molecule has 9 heteroatoms. The summed E-state index contributed by atoms with van der Waals surface area (Å²) in [5, 5.41) is 0. The summed E-state index contributed by atoms with van der Waals surface area (Å²) in [5.41, 5.74) is 0.144. The van der Waals surface area contributed by atoms with Crippen LogP contribution in [-0.2, 0) is 19.4 Å². The summed E-state index contributed by atoms with van der Waals surface area (Å²) >= 11 is 0. The zero-order valence-corrected chi connectivity index (χ0v) is 16.7. The molecule has 1 amide bonds. The number of pyridine rings is 1. The molecule has 1 aliphatic rings. The van der Waals surface area contributed by atoms with Crippen molar-refractivity contribution in [1.29, 1.82) is 0 Å². The molecule has 1 fully saturated rings. The fourth-order valence-electron chi connectivity index (χ4n) is 2.95. The van der Waals surface area contributed by atoms with Crippen molar-refractivity contribution in [2.75, 3.05) is 31.3 Å². The van der Waals surface area contributed by atoms with E-state index < -0.39 is 28.3 Å². The second-order valence-electron chi connectivity index (χ2n) is 6.86. The van der Waals surface area contributed by atoms with Crippen LogP contribution < -0.4 is 4.74 Å². The molecule has 0 unspecified atom stereocenters. The topological polar surface area (TPSA) is 103 Å². The number of carbonyl (C=O) groups excluding carboxylic acids is 2. The molecule has 8 nitrogen and oxygen atoms in total. The van der Waals surface area contributed by atoms with E-state index in [4.69, 9.17) is 9.47 Å². The lowest BCUT2D eigenvalue weighted by molar-refractivity contribution is -0.137. The molecule has 0 spiro atoms. The average molecular weight is 398 g/mol. The van der Waals surface area contributed by atoms with Crippen LogP contribution in [0.4, 0.5) is 0 Å². The number of sulfone groups is 1. The van der Waals surface area contributed by atoms with E-state index in [-0.39, 0.29) is 34.9 Å². The van der Waals surface area contributed by atoms with Crippen LogP contribution in [0, 0.1) is 5.92 Å². The summed E-state index contributed by atoms with van der Waals surface area (Å²) in [6.45, 7) is 5.96. The quantitative estimate of drug-likeness (QED) is 0.608. The molecule has 2 rings (SSSR count). The highest BCUT2D eigenvalue weighted by Crippen LogP contribution is 2.20. The van der Waals surface area contributed by atoms with Gasteiger partial charge >= 0.3 is 5.97 Å². The Balaban J connectivity index is 2.04. The molecule has 0 saturated carbocycles. The van der Waals surface area contributed by atoms with E-state index in [1.165, 1.54) is 17.2 Å². The molecule has 0 aliphatic carbocycles. The van der Waals surface area contributed by atoms with Crippen LogP contribution >= 0.6 is 0 Å². The molecule has 1 saturated heterocycles. The lowest BCUT2D eigenvalue weighted by Gasteiger charge is -2.29. The van der Waals surface area contributed by atoms with Crippen LogP contribution in [0.15, 0.2) is 18.3 Å². The standard InChI is InChI=1S/C18H26N2O6S/c1-4-25-17-15(6-5-8-19-17)18(22)26-11-16(21)20(10-13(2)3)14-7-9-27(23,24)12-14/h5-6,8,13-14H,4,7,9-12H2,1-3H3/t14-/m0/s1. The highest BCUT2D eigenvalue weighted by Gasteiger charge is 2.35. The third-order valence-electron chi connectivity index (χ3n) is 4.13. The molecule has 2 heterocycles. The molecule has 1 aliphatic heterocycles. The Bertz CT molecular complexity index is 778. The average Bonchev–Trinajstić information content (AvgIpc) is 2.97. The number of nitrogens with zero attached hydrogens (tertiary/aromatic N) is 2. The first-order valence-corrected chi connectivity index (χ1v) is 10.8. The summed E-state index contributed by atoms with van der Waals surface area (Å²) in [4.78, 5) is 30.4. The van der Waals surface area contributed by atoms with E-state index in [1.807, 2.05) is 13.8 Å². The Kier molecular flexibility index (Phi) is 7.18. The molecular formula is C18H26N2O6S. The van der Waals surface area contributed by atoms with Gasteiger partial charge in [-0.25, -0.2) is 18.2 Å².